The summed E-state index contributed by atoms with van der Waals surface area (Å²) in [4.78, 5) is 17.8. The molecule has 6 heteroatoms. The number of aromatic nitrogens is 3. The second-order valence-electron chi connectivity index (χ2n) is 4.94. The van der Waals surface area contributed by atoms with Crippen LogP contribution >= 0.6 is 0 Å². The van der Waals surface area contributed by atoms with Gasteiger partial charge in [-0.3, -0.25) is 9.89 Å². The van der Waals surface area contributed by atoms with E-state index in [9.17, 15) is 4.79 Å². The van der Waals surface area contributed by atoms with E-state index in [4.69, 9.17) is 5.73 Å². The first-order chi connectivity index (χ1) is 9.69. The van der Waals surface area contributed by atoms with Crippen LogP contribution in [0.25, 0.3) is 11.4 Å². The summed E-state index contributed by atoms with van der Waals surface area (Å²) in [5, 5.41) is 7.11. The average Bonchev–Trinajstić information content (AvgIpc) is 2.92. The Kier molecular flexibility index (Phi) is 3.23. The molecule has 20 heavy (non-hydrogen) atoms. The highest BCUT2D eigenvalue weighted by atomic mass is 16.2. The van der Waals surface area contributed by atoms with E-state index in [0.717, 1.165) is 29.1 Å². The molecular weight excluding hydrogens is 254 g/mol. The summed E-state index contributed by atoms with van der Waals surface area (Å²) in [6, 6.07) is 5.97. The first-order valence-electron chi connectivity index (χ1n) is 6.70. The zero-order valence-corrected chi connectivity index (χ0v) is 11.4. The smallest absolute Gasteiger partial charge is 0.227 e. The third-order valence-electron chi connectivity index (χ3n) is 3.59. The SMILES string of the molecule is CN1C(=O)CCc2cc(-c3n[nH]c(CCN)n3)ccc21. The maximum absolute atomic E-state index is 11.7. The molecule has 0 unspecified atom stereocenters. The second-order valence-corrected chi connectivity index (χ2v) is 4.94. The molecule has 0 fully saturated rings. The lowest BCUT2D eigenvalue weighted by Gasteiger charge is -2.25. The molecule has 1 aliphatic rings. The van der Waals surface area contributed by atoms with Crippen LogP contribution in [-0.2, 0) is 17.6 Å². The van der Waals surface area contributed by atoms with Crippen molar-refractivity contribution in [2.75, 3.05) is 18.5 Å². The molecule has 0 saturated heterocycles. The predicted octanol–water partition coefficient (Wildman–Crippen LogP) is 0.882. The highest BCUT2D eigenvalue weighted by Crippen LogP contribution is 2.30. The van der Waals surface area contributed by atoms with Crippen LogP contribution in [0.1, 0.15) is 17.8 Å². The number of nitrogens with two attached hydrogens (primary N) is 1. The number of benzene rings is 1. The monoisotopic (exact) mass is 271 g/mol. The summed E-state index contributed by atoms with van der Waals surface area (Å²) in [6.07, 6.45) is 2.01. The van der Waals surface area contributed by atoms with Crippen LogP contribution in [0.2, 0.25) is 0 Å². The van der Waals surface area contributed by atoms with Gasteiger partial charge in [-0.05, 0) is 36.7 Å². The standard InChI is InChI=1S/C14H17N5O/c1-19-11-4-2-10(8-9(11)3-5-13(19)20)14-16-12(6-7-15)17-18-14/h2,4,8H,3,5-7,15H2,1H3,(H,16,17,18). The molecule has 0 radical (unpaired) electrons. The van der Waals surface area contributed by atoms with Crippen LogP contribution in [0, 0.1) is 0 Å². The van der Waals surface area contributed by atoms with Crippen molar-refractivity contribution in [1.82, 2.24) is 15.2 Å². The predicted molar refractivity (Wildman–Crippen MR) is 76.3 cm³/mol. The minimum Gasteiger partial charge on any atom is -0.330 e. The lowest BCUT2D eigenvalue weighted by molar-refractivity contribution is -0.118. The number of nitrogens with zero attached hydrogens (tertiary/aromatic N) is 3. The number of hydrogen-bond donors (Lipinski definition) is 2. The number of nitrogens with one attached hydrogen (secondary N) is 1. The largest absolute Gasteiger partial charge is 0.330 e. The molecule has 2 aromatic rings. The Morgan fingerprint density at radius 2 is 2.25 bits per heavy atom. The Bertz CT molecular complexity index is 649. The van der Waals surface area contributed by atoms with Gasteiger partial charge in [-0.15, -0.1) is 0 Å². The molecule has 0 aliphatic carbocycles. The highest BCUT2D eigenvalue weighted by molar-refractivity contribution is 5.96. The summed E-state index contributed by atoms with van der Waals surface area (Å²) < 4.78 is 0. The van der Waals surface area contributed by atoms with Gasteiger partial charge in [0.1, 0.15) is 5.82 Å². The van der Waals surface area contributed by atoms with Crippen molar-refractivity contribution in [3.05, 3.63) is 29.6 Å². The molecule has 1 aromatic heterocycles. The normalized spacial score (nSPS) is 14.5. The first kappa shape index (κ1) is 12.8. The number of amides is 1. The summed E-state index contributed by atoms with van der Waals surface area (Å²) in [5.74, 6) is 1.64. The number of hydrogen-bond acceptors (Lipinski definition) is 4. The minimum absolute atomic E-state index is 0.161. The Balaban J connectivity index is 1.93. The maximum Gasteiger partial charge on any atom is 0.227 e. The molecule has 104 valence electrons. The van der Waals surface area contributed by atoms with E-state index in [1.807, 2.05) is 19.2 Å². The average molecular weight is 271 g/mol. The second kappa shape index (κ2) is 5.05. The zero-order chi connectivity index (χ0) is 14.1. The Hall–Kier alpha value is -2.21. The van der Waals surface area contributed by atoms with Crippen LogP contribution in [-0.4, -0.2) is 34.7 Å². The van der Waals surface area contributed by atoms with Crippen LogP contribution in [0.3, 0.4) is 0 Å². The van der Waals surface area contributed by atoms with Crippen molar-refractivity contribution < 1.29 is 4.79 Å². The van der Waals surface area contributed by atoms with Crippen LogP contribution in [0.5, 0.6) is 0 Å². The molecule has 0 bridgehead atoms. The molecule has 1 aromatic carbocycles. The molecule has 0 saturated carbocycles. The van der Waals surface area contributed by atoms with Gasteiger partial charge < -0.3 is 10.6 Å². The first-order valence-corrected chi connectivity index (χ1v) is 6.70. The summed E-state index contributed by atoms with van der Waals surface area (Å²) in [6.45, 7) is 0.547. The van der Waals surface area contributed by atoms with Crippen LogP contribution in [0.15, 0.2) is 18.2 Å². The number of anilines is 1. The van der Waals surface area contributed by atoms with Crippen molar-refractivity contribution in [3.63, 3.8) is 0 Å². The quantitative estimate of drug-likeness (QED) is 0.867. The summed E-state index contributed by atoms with van der Waals surface area (Å²) in [7, 11) is 1.81. The van der Waals surface area contributed by atoms with Crippen molar-refractivity contribution in [3.8, 4) is 11.4 Å². The molecule has 3 N–H and O–H groups in total. The van der Waals surface area contributed by atoms with Gasteiger partial charge in [0.15, 0.2) is 5.82 Å². The molecule has 2 heterocycles. The number of H-pyrrole nitrogens is 1. The Morgan fingerprint density at radius 1 is 1.40 bits per heavy atom. The van der Waals surface area contributed by atoms with E-state index in [-0.39, 0.29) is 5.91 Å². The van der Waals surface area contributed by atoms with Gasteiger partial charge in [-0.2, -0.15) is 5.10 Å². The topological polar surface area (TPSA) is 87.9 Å². The lowest BCUT2D eigenvalue weighted by atomic mass is 9.99. The Labute approximate surface area is 117 Å². The van der Waals surface area contributed by atoms with Crippen LogP contribution < -0.4 is 10.6 Å². The molecule has 3 rings (SSSR count). The van der Waals surface area contributed by atoms with Gasteiger partial charge >= 0.3 is 0 Å². The van der Waals surface area contributed by atoms with E-state index < -0.39 is 0 Å². The van der Waals surface area contributed by atoms with E-state index >= 15 is 0 Å². The van der Waals surface area contributed by atoms with Crippen molar-refractivity contribution in [1.29, 1.82) is 0 Å². The number of carbonyl (C=O) groups excluding carboxylic acids is 1. The molecule has 0 atom stereocenters. The van der Waals surface area contributed by atoms with Crippen LogP contribution in [0.4, 0.5) is 5.69 Å². The third kappa shape index (κ3) is 2.18. The number of aryl methyl sites for hydroxylation is 1. The molecular formula is C14H17N5O. The van der Waals surface area contributed by atoms with E-state index in [0.29, 0.717) is 25.2 Å². The van der Waals surface area contributed by atoms with Gasteiger partial charge in [0, 0.05) is 31.1 Å². The van der Waals surface area contributed by atoms with Crippen molar-refractivity contribution in [2.45, 2.75) is 19.3 Å². The molecule has 1 aliphatic heterocycles. The summed E-state index contributed by atoms with van der Waals surface area (Å²) >= 11 is 0. The minimum atomic E-state index is 0.161. The fourth-order valence-corrected chi connectivity index (χ4v) is 2.47. The van der Waals surface area contributed by atoms with E-state index in [1.54, 1.807) is 4.90 Å². The van der Waals surface area contributed by atoms with Gasteiger partial charge in [-0.25, -0.2) is 4.98 Å². The number of carbonyl (C=O) groups is 1. The van der Waals surface area contributed by atoms with Gasteiger partial charge in [0.25, 0.3) is 0 Å². The number of aromatic amines is 1. The summed E-state index contributed by atoms with van der Waals surface area (Å²) in [5.41, 5.74) is 8.60. The lowest BCUT2D eigenvalue weighted by Crippen LogP contribution is -2.30. The maximum atomic E-state index is 11.7. The van der Waals surface area contributed by atoms with Gasteiger partial charge in [0.05, 0.1) is 0 Å². The number of fused-ring (bicyclic) bond motifs is 1. The van der Waals surface area contributed by atoms with Crippen molar-refractivity contribution >= 4 is 11.6 Å². The zero-order valence-electron chi connectivity index (χ0n) is 11.4. The van der Waals surface area contributed by atoms with E-state index in [2.05, 4.69) is 21.2 Å². The molecule has 1 amide bonds. The molecule has 6 nitrogen and oxygen atoms in total. The third-order valence-corrected chi connectivity index (χ3v) is 3.59. The fraction of sp³-hybridized carbons (Fsp3) is 0.357. The number of rotatable bonds is 3. The Morgan fingerprint density at radius 3 is 3.05 bits per heavy atom. The van der Waals surface area contributed by atoms with Gasteiger partial charge in [0.2, 0.25) is 5.91 Å². The highest BCUT2D eigenvalue weighted by Gasteiger charge is 2.21. The molecule has 0 spiro atoms. The fourth-order valence-electron chi connectivity index (χ4n) is 2.47. The van der Waals surface area contributed by atoms with Gasteiger partial charge in [-0.1, -0.05) is 0 Å². The van der Waals surface area contributed by atoms with Crippen molar-refractivity contribution in [2.24, 2.45) is 5.73 Å². The van der Waals surface area contributed by atoms with E-state index in [1.165, 1.54) is 0 Å².